The van der Waals surface area contributed by atoms with Gasteiger partial charge in [0.1, 0.15) is 11.9 Å². The number of hydrogen-bond donors (Lipinski definition) is 2. The molecule has 0 saturated carbocycles. The van der Waals surface area contributed by atoms with Gasteiger partial charge in [0.2, 0.25) is 5.91 Å². The van der Waals surface area contributed by atoms with E-state index in [1.807, 2.05) is 0 Å². The van der Waals surface area contributed by atoms with Gasteiger partial charge in [-0.3, -0.25) is 4.79 Å². The summed E-state index contributed by atoms with van der Waals surface area (Å²) in [6, 6.07) is 4.48. The van der Waals surface area contributed by atoms with Gasteiger partial charge in [0.25, 0.3) is 0 Å². The summed E-state index contributed by atoms with van der Waals surface area (Å²) in [5.41, 5.74) is 10.9. The summed E-state index contributed by atoms with van der Waals surface area (Å²) in [6.45, 7) is 0. The average Bonchev–Trinajstić information content (AvgIpc) is 2.04. The molecule has 1 atom stereocenters. The molecule has 0 aliphatic carbocycles. The lowest BCUT2D eigenvalue weighted by molar-refractivity contribution is -0.119. The van der Waals surface area contributed by atoms with Gasteiger partial charge >= 0.3 is 0 Å². The smallest absolute Gasteiger partial charge is 0.238 e. The Labute approximate surface area is 69.2 Å². The van der Waals surface area contributed by atoms with Gasteiger partial charge in [-0.25, -0.2) is 4.39 Å². The monoisotopic (exact) mass is 168 g/mol. The Kier molecular flexibility index (Phi) is 2.40. The molecule has 4 N–H and O–H groups in total. The molecular weight excluding hydrogens is 159 g/mol. The van der Waals surface area contributed by atoms with Crippen molar-refractivity contribution in [1.29, 1.82) is 0 Å². The third kappa shape index (κ3) is 1.79. The molecule has 0 saturated heterocycles. The molecule has 0 aliphatic heterocycles. The van der Waals surface area contributed by atoms with Crippen molar-refractivity contribution in [2.75, 3.05) is 0 Å². The molecular formula is C8H9FN2O. The average molecular weight is 168 g/mol. The molecule has 0 aromatic heterocycles. The highest BCUT2D eigenvalue weighted by Gasteiger charge is 2.10. The van der Waals surface area contributed by atoms with Crippen LogP contribution in [0, 0.1) is 5.82 Å². The Morgan fingerprint density at radius 2 is 1.83 bits per heavy atom. The minimum Gasteiger partial charge on any atom is -0.368 e. The third-order valence-corrected chi connectivity index (χ3v) is 1.54. The van der Waals surface area contributed by atoms with Crippen molar-refractivity contribution in [3.05, 3.63) is 35.6 Å². The predicted molar refractivity (Wildman–Crippen MR) is 42.5 cm³/mol. The first kappa shape index (κ1) is 8.67. The fourth-order valence-electron chi connectivity index (χ4n) is 0.834. The molecule has 1 aromatic rings. The van der Waals surface area contributed by atoms with E-state index in [1.165, 1.54) is 24.3 Å². The summed E-state index contributed by atoms with van der Waals surface area (Å²) >= 11 is 0. The summed E-state index contributed by atoms with van der Waals surface area (Å²) in [4.78, 5) is 10.6. The van der Waals surface area contributed by atoms with Crippen molar-refractivity contribution in [2.24, 2.45) is 11.5 Å². The number of rotatable bonds is 2. The van der Waals surface area contributed by atoms with E-state index in [0.29, 0.717) is 5.56 Å². The van der Waals surface area contributed by atoms with E-state index in [-0.39, 0.29) is 5.82 Å². The number of carbonyl (C=O) groups is 1. The standard InChI is InChI=1S/C8H9FN2O/c9-6-3-1-5(2-4-6)7(10)8(11)12/h1-4,7H,10H2,(H2,11,12). The number of benzene rings is 1. The van der Waals surface area contributed by atoms with Crippen LogP contribution in [0.4, 0.5) is 4.39 Å². The summed E-state index contributed by atoms with van der Waals surface area (Å²) in [7, 11) is 0. The number of nitrogens with two attached hydrogens (primary N) is 2. The zero-order valence-corrected chi connectivity index (χ0v) is 6.33. The molecule has 12 heavy (non-hydrogen) atoms. The molecule has 0 fully saturated rings. The molecule has 1 amide bonds. The first-order valence-corrected chi connectivity index (χ1v) is 3.41. The normalized spacial score (nSPS) is 12.5. The molecule has 0 bridgehead atoms. The number of amides is 1. The van der Waals surface area contributed by atoms with Crippen LogP contribution in [0.2, 0.25) is 0 Å². The Morgan fingerprint density at radius 3 is 2.25 bits per heavy atom. The molecule has 64 valence electrons. The summed E-state index contributed by atoms with van der Waals surface area (Å²) in [5.74, 6) is -0.989. The summed E-state index contributed by atoms with van der Waals surface area (Å²) in [6.07, 6.45) is 0. The fourth-order valence-corrected chi connectivity index (χ4v) is 0.834. The molecule has 1 unspecified atom stereocenters. The number of primary amides is 1. The van der Waals surface area contributed by atoms with Crippen molar-refractivity contribution in [3.63, 3.8) is 0 Å². The fraction of sp³-hybridized carbons (Fsp3) is 0.125. The Hall–Kier alpha value is -1.42. The zero-order valence-electron chi connectivity index (χ0n) is 6.33. The molecule has 4 heteroatoms. The van der Waals surface area contributed by atoms with E-state index in [2.05, 4.69) is 0 Å². The quantitative estimate of drug-likeness (QED) is 0.667. The van der Waals surface area contributed by atoms with Crippen LogP contribution in [-0.4, -0.2) is 5.91 Å². The van der Waals surface area contributed by atoms with E-state index >= 15 is 0 Å². The Bertz CT molecular complexity index is 284. The topological polar surface area (TPSA) is 69.1 Å². The largest absolute Gasteiger partial charge is 0.368 e. The van der Waals surface area contributed by atoms with E-state index in [9.17, 15) is 9.18 Å². The SMILES string of the molecule is NC(=O)C(N)c1ccc(F)cc1. The molecule has 0 spiro atoms. The van der Waals surface area contributed by atoms with Crippen LogP contribution in [-0.2, 0) is 4.79 Å². The first-order valence-electron chi connectivity index (χ1n) is 3.41. The molecule has 0 heterocycles. The number of carbonyl (C=O) groups excluding carboxylic acids is 1. The predicted octanol–water partition coefficient (Wildman–Crippen LogP) is 0.311. The van der Waals surface area contributed by atoms with Gasteiger partial charge in [-0.05, 0) is 17.7 Å². The zero-order chi connectivity index (χ0) is 9.14. The van der Waals surface area contributed by atoms with Crippen LogP contribution in [0.1, 0.15) is 11.6 Å². The van der Waals surface area contributed by atoms with Gasteiger partial charge in [-0.15, -0.1) is 0 Å². The van der Waals surface area contributed by atoms with E-state index in [4.69, 9.17) is 11.5 Å². The summed E-state index contributed by atoms with van der Waals surface area (Å²) < 4.78 is 12.4. The molecule has 3 nitrogen and oxygen atoms in total. The number of halogens is 1. The molecule has 0 radical (unpaired) electrons. The van der Waals surface area contributed by atoms with Gasteiger partial charge in [-0.1, -0.05) is 12.1 Å². The van der Waals surface area contributed by atoms with E-state index in [1.54, 1.807) is 0 Å². The van der Waals surface area contributed by atoms with Gasteiger partial charge in [0.15, 0.2) is 0 Å². The lowest BCUT2D eigenvalue weighted by Gasteiger charge is -2.06. The second kappa shape index (κ2) is 3.32. The lowest BCUT2D eigenvalue weighted by atomic mass is 10.1. The minimum absolute atomic E-state index is 0.365. The van der Waals surface area contributed by atoms with Crippen LogP contribution in [0.3, 0.4) is 0 Å². The van der Waals surface area contributed by atoms with E-state index < -0.39 is 11.9 Å². The van der Waals surface area contributed by atoms with Gasteiger partial charge in [0, 0.05) is 0 Å². The third-order valence-electron chi connectivity index (χ3n) is 1.54. The highest BCUT2D eigenvalue weighted by Crippen LogP contribution is 2.09. The molecule has 1 rings (SSSR count). The van der Waals surface area contributed by atoms with Gasteiger partial charge in [0.05, 0.1) is 0 Å². The van der Waals surface area contributed by atoms with Crippen LogP contribution >= 0.6 is 0 Å². The van der Waals surface area contributed by atoms with E-state index in [0.717, 1.165) is 0 Å². The second-order valence-corrected chi connectivity index (χ2v) is 2.43. The Balaban J connectivity index is 2.89. The second-order valence-electron chi connectivity index (χ2n) is 2.43. The Morgan fingerprint density at radius 1 is 1.33 bits per heavy atom. The van der Waals surface area contributed by atoms with Gasteiger partial charge < -0.3 is 11.5 Å². The highest BCUT2D eigenvalue weighted by atomic mass is 19.1. The maximum absolute atomic E-state index is 12.4. The van der Waals surface area contributed by atoms with Crippen molar-refractivity contribution >= 4 is 5.91 Å². The van der Waals surface area contributed by atoms with Crippen molar-refractivity contribution in [1.82, 2.24) is 0 Å². The van der Waals surface area contributed by atoms with Crippen molar-refractivity contribution in [2.45, 2.75) is 6.04 Å². The minimum atomic E-state index is -0.856. The van der Waals surface area contributed by atoms with Crippen LogP contribution in [0.25, 0.3) is 0 Å². The van der Waals surface area contributed by atoms with Crippen LogP contribution in [0.15, 0.2) is 24.3 Å². The summed E-state index contributed by atoms with van der Waals surface area (Å²) in [5, 5.41) is 0. The van der Waals surface area contributed by atoms with Crippen LogP contribution in [0.5, 0.6) is 0 Å². The first-order chi connectivity index (χ1) is 5.61. The molecule has 1 aromatic carbocycles. The maximum Gasteiger partial charge on any atom is 0.238 e. The van der Waals surface area contributed by atoms with Crippen molar-refractivity contribution in [3.8, 4) is 0 Å². The molecule has 0 aliphatic rings. The van der Waals surface area contributed by atoms with Gasteiger partial charge in [-0.2, -0.15) is 0 Å². The highest BCUT2D eigenvalue weighted by molar-refractivity contribution is 5.81. The van der Waals surface area contributed by atoms with Crippen LogP contribution < -0.4 is 11.5 Å². The maximum atomic E-state index is 12.4. The van der Waals surface area contributed by atoms with Crippen molar-refractivity contribution < 1.29 is 9.18 Å². The lowest BCUT2D eigenvalue weighted by Crippen LogP contribution is -2.28. The number of hydrogen-bond acceptors (Lipinski definition) is 2.